The van der Waals surface area contributed by atoms with Gasteiger partial charge in [0.25, 0.3) is 10.0 Å². The molecule has 0 bridgehead atoms. The van der Waals surface area contributed by atoms with Crippen LogP contribution < -0.4 is 4.31 Å². The summed E-state index contributed by atoms with van der Waals surface area (Å²) in [5, 5.41) is 1.85. The number of nitrogens with zero attached hydrogens (tertiary/aromatic N) is 1. The maximum atomic E-state index is 13.3. The number of carbonyl (C=O) groups is 1. The number of anilines is 1. The highest BCUT2D eigenvalue weighted by molar-refractivity contribution is 7.92. The van der Waals surface area contributed by atoms with Gasteiger partial charge in [-0.15, -0.1) is 0 Å². The molecule has 0 N–H and O–H groups in total. The van der Waals surface area contributed by atoms with E-state index >= 15 is 0 Å². The molecule has 1 aliphatic rings. The third kappa shape index (κ3) is 2.59. The molecular formula is C21H19NO3S. The van der Waals surface area contributed by atoms with Gasteiger partial charge in [-0.1, -0.05) is 42.0 Å². The summed E-state index contributed by atoms with van der Waals surface area (Å²) in [6.45, 7) is 3.70. The number of fused-ring (bicyclic) bond motifs is 2. The maximum Gasteiger partial charge on any atom is 0.264 e. The molecule has 0 spiro atoms. The molecule has 4 nitrogen and oxygen atoms in total. The normalized spacial score (nSPS) is 17.4. The van der Waals surface area contributed by atoms with Crippen LogP contribution in [0.5, 0.6) is 0 Å². The molecule has 0 aliphatic carbocycles. The lowest BCUT2D eigenvalue weighted by atomic mass is 9.94. The van der Waals surface area contributed by atoms with Gasteiger partial charge in [-0.3, -0.25) is 9.10 Å². The van der Waals surface area contributed by atoms with Crippen molar-refractivity contribution in [3.63, 3.8) is 0 Å². The summed E-state index contributed by atoms with van der Waals surface area (Å²) in [4.78, 5) is 12.8. The summed E-state index contributed by atoms with van der Waals surface area (Å²) in [7, 11) is -3.75. The van der Waals surface area contributed by atoms with Crippen LogP contribution in [-0.2, 0) is 10.0 Å². The van der Waals surface area contributed by atoms with Gasteiger partial charge in [0.1, 0.15) is 0 Å². The number of sulfonamides is 1. The van der Waals surface area contributed by atoms with Crippen LogP contribution in [-0.4, -0.2) is 20.2 Å². The van der Waals surface area contributed by atoms with Crippen LogP contribution in [0.4, 0.5) is 5.69 Å². The molecule has 0 aromatic heterocycles. The topological polar surface area (TPSA) is 54.5 Å². The Hall–Kier alpha value is -2.66. The maximum absolute atomic E-state index is 13.3. The first-order valence-corrected chi connectivity index (χ1v) is 9.99. The van der Waals surface area contributed by atoms with Gasteiger partial charge in [0, 0.05) is 18.0 Å². The zero-order valence-corrected chi connectivity index (χ0v) is 15.5. The van der Waals surface area contributed by atoms with Gasteiger partial charge >= 0.3 is 0 Å². The molecular weight excluding hydrogens is 346 g/mol. The second-order valence-electron chi connectivity index (χ2n) is 6.81. The van der Waals surface area contributed by atoms with Gasteiger partial charge in [0.05, 0.1) is 10.6 Å². The predicted octanol–water partition coefficient (Wildman–Crippen LogP) is 4.32. The van der Waals surface area contributed by atoms with Crippen LogP contribution in [0, 0.1) is 6.92 Å². The predicted molar refractivity (Wildman–Crippen MR) is 103 cm³/mol. The summed E-state index contributed by atoms with van der Waals surface area (Å²) in [6.07, 6.45) is 0.177. The Morgan fingerprint density at radius 2 is 1.58 bits per heavy atom. The van der Waals surface area contributed by atoms with Crippen LogP contribution in [0.1, 0.15) is 29.3 Å². The Kier molecular flexibility index (Phi) is 3.84. The molecule has 0 saturated carbocycles. The lowest BCUT2D eigenvalue weighted by Gasteiger charge is -2.35. The Labute approximate surface area is 153 Å². The van der Waals surface area contributed by atoms with Gasteiger partial charge < -0.3 is 0 Å². The van der Waals surface area contributed by atoms with Gasteiger partial charge in [-0.2, -0.15) is 0 Å². The van der Waals surface area contributed by atoms with Gasteiger partial charge in [0.15, 0.2) is 5.78 Å². The largest absolute Gasteiger partial charge is 0.294 e. The number of hydrogen-bond acceptors (Lipinski definition) is 3. The minimum atomic E-state index is -3.75. The Balaban J connectivity index is 1.95. The van der Waals surface area contributed by atoms with Gasteiger partial charge in [-0.05, 0) is 48.9 Å². The molecule has 4 rings (SSSR count). The van der Waals surface area contributed by atoms with Crippen LogP contribution in [0.25, 0.3) is 10.8 Å². The van der Waals surface area contributed by atoms with E-state index in [1.807, 2.05) is 37.3 Å². The van der Waals surface area contributed by atoms with Crippen LogP contribution in [0.2, 0.25) is 0 Å². The molecule has 1 heterocycles. The van der Waals surface area contributed by atoms with Crippen LogP contribution in [0.3, 0.4) is 0 Å². The average molecular weight is 365 g/mol. The van der Waals surface area contributed by atoms with Crippen molar-refractivity contribution < 1.29 is 13.2 Å². The Bertz CT molecular complexity index is 1120. The number of carbonyl (C=O) groups excluding carboxylic acids is 1. The molecule has 1 atom stereocenters. The Morgan fingerprint density at radius 1 is 0.962 bits per heavy atom. The van der Waals surface area contributed by atoms with E-state index < -0.39 is 16.1 Å². The Morgan fingerprint density at radius 3 is 2.23 bits per heavy atom. The van der Waals surface area contributed by atoms with Crippen molar-refractivity contribution in [3.05, 3.63) is 71.8 Å². The van der Waals surface area contributed by atoms with Crippen LogP contribution in [0.15, 0.2) is 65.6 Å². The number of hydrogen-bond donors (Lipinski definition) is 0. The van der Waals surface area contributed by atoms with Crippen molar-refractivity contribution in [2.45, 2.75) is 31.2 Å². The van der Waals surface area contributed by atoms with Crippen molar-refractivity contribution in [3.8, 4) is 0 Å². The lowest BCUT2D eigenvalue weighted by molar-refractivity contribution is 0.0972. The highest BCUT2D eigenvalue weighted by atomic mass is 32.2. The van der Waals surface area contributed by atoms with Gasteiger partial charge in [-0.25, -0.2) is 8.42 Å². The number of benzene rings is 3. The van der Waals surface area contributed by atoms with Gasteiger partial charge in [0.2, 0.25) is 0 Å². The van der Waals surface area contributed by atoms with Crippen molar-refractivity contribution in [2.24, 2.45) is 0 Å². The monoisotopic (exact) mass is 365 g/mol. The minimum absolute atomic E-state index is 0.0198. The first-order chi connectivity index (χ1) is 12.4. The molecule has 3 aromatic rings. The summed E-state index contributed by atoms with van der Waals surface area (Å²) in [5.41, 5.74) is 1.93. The number of Topliss-reactive ketones (excluding diaryl/α,β-unsaturated/α-hetero) is 1. The quantitative estimate of drug-likeness (QED) is 0.680. The standard InChI is InChI=1S/C21H19NO3S/c1-14-7-9-18(10-8-14)26(24,25)22-15(2)11-21(23)19-12-16-5-3-4-6-17(16)13-20(19)22/h3-10,12-13,15H,11H2,1-2H3. The smallest absolute Gasteiger partial charge is 0.264 e. The fourth-order valence-corrected chi connectivity index (χ4v) is 5.19. The third-order valence-electron chi connectivity index (χ3n) is 4.86. The van der Waals surface area contributed by atoms with E-state index in [9.17, 15) is 13.2 Å². The fourth-order valence-electron chi connectivity index (χ4n) is 3.52. The zero-order valence-electron chi connectivity index (χ0n) is 14.6. The summed E-state index contributed by atoms with van der Waals surface area (Å²) >= 11 is 0. The van der Waals surface area contributed by atoms with E-state index in [0.29, 0.717) is 11.3 Å². The van der Waals surface area contributed by atoms with Crippen molar-refractivity contribution in [2.75, 3.05) is 4.31 Å². The van der Waals surface area contributed by atoms with E-state index in [2.05, 4.69) is 0 Å². The van der Waals surface area contributed by atoms with Crippen molar-refractivity contribution in [1.82, 2.24) is 0 Å². The molecule has 132 valence electrons. The van der Waals surface area contributed by atoms with Crippen LogP contribution >= 0.6 is 0 Å². The zero-order chi connectivity index (χ0) is 18.5. The van der Waals surface area contributed by atoms with E-state index in [1.165, 1.54) is 4.31 Å². The number of aryl methyl sites for hydroxylation is 1. The lowest BCUT2D eigenvalue weighted by Crippen LogP contribution is -2.43. The first-order valence-electron chi connectivity index (χ1n) is 8.55. The van der Waals surface area contributed by atoms with E-state index in [1.54, 1.807) is 37.3 Å². The minimum Gasteiger partial charge on any atom is -0.294 e. The number of ketones is 1. The molecule has 0 fully saturated rings. The fraction of sp³-hybridized carbons (Fsp3) is 0.190. The second kappa shape index (κ2) is 5.95. The molecule has 26 heavy (non-hydrogen) atoms. The molecule has 1 unspecified atom stereocenters. The second-order valence-corrected chi connectivity index (χ2v) is 8.62. The van der Waals surface area contributed by atoms with Crippen molar-refractivity contribution >= 4 is 32.3 Å². The molecule has 5 heteroatoms. The van der Waals surface area contributed by atoms with E-state index in [0.717, 1.165) is 16.3 Å². The average Bonchev–Trinajstić information content (AvgIpc) is 2.60. The summed E-state index contributed by atoms with van der Waals surface area (Å²) in [6, 6.07) is 17.7. The summed E-state index contributed by atoms with van der Waals surface area (Å²) < 4.78 is 28.1. The molecule has 0 amide bonds. The molecule has 3 aromatic carbocycles. The van der Waals surface area contributed by atoms with E-state index in [4.69, 9.17) is 0 Å². The summed E-state index contributed by atoms with van der Waals surface area (Å²) in [5.74, 6) is -0.0198. The first kappa shape index (κ1) is 16.8. The number of rotatable bonds is 2. The van der Waals surface area contributed by atoms with E-state index in [-0.39, 0.29) is 17.1 Å². The molecule has 0 saturated heterocycles. The SMILES string of the molecule is Cc1ccc(S(=O)(=O)N2c3cc4ccccc4cc3C(=O)CC2C)cc1. The highest BCUT2D eigenvalue weighted by Crippen LogP contribution is 2.37. The van der Waals surface area contributed by atoms with Crippen molar-refractivity contribution in [1.29, 1.82) is 0 Å². The molecule has 0 radical (unpaired) electrons. The molecule has 1 aliphatic heterocycles. The highest BCUT2D eigenvalue weighted by Gasteiger charge is 2.37. The third-order valence-corrected chi connectivity index (χ3v) is 6.80.